The minimum absolute atomic E-state index is 1.13. The van der Waals surface area contributed by atoms with E-state index in [1.165, 1.54) is 80.9 Å². The van der Waals surface area contributed by atoms with Gasteiger partial charge in [0.2, 0.25) is 0 Å². The molecule has 6 aromatic carbocycles. The van der Waals surface area contributed by atoms with Crippen LogP contribution >= 0.6 is 0 Å². The fourth-order valence-electron chi connectivity index (χ4n) is 7.34. The average Bonchev–Trinajstić information content (AvgIpc) is 3.49. The number of pyridine rings is 2. The highest BCUT2D eigenvalue weighted by molar-refractivity contribution is 6.51. The number of nitrogens with zero attached hydrogens (tertiary/aromatic N) is 3. The van der Waals surface area contributed by atoms with Crippen LogP contribution in [0, 0.1) is 0 Å². The molecule has 0 saturated heterocycles. The molecule has 0 atom stereocenters. The van der Waals surface area contributed by atoms with Gasteiger partial charge in [-0.2, -0.15) is 0 Å². The molecule has 37 heavy (non-hydrogen) atoms. The SMILES string of the molecule is c1ccc2c(c1)c1cccc3c4ccccc4c4c(c13)c2c1c2ccncc2n2c3cnccc3c4c12. The number of hydrogen-bond donors (Lipinski definition) is 0. The van der Waals surface area contributed by atoms with Gasteiger partial charge in [-0.15, -0.1) is 0 Å². The molecule has 0 aliphatic carbocycles. The van der Waals surface area contributed by atoms with Gasteiger partial charge in [-0.25, -0.2) is 0 Å². The molecular formula is C34H17N3. The van der Waals surface area contributed by atoms with Gasteiger partial charge in [-0.3, -0.25) is 9.97 Å². The smallest absolute Gasteiger partial charge is 0.0725 e. The quantitative estimate of drug-likeness (QED) is 0.165. The largest absolute Gasteiger partial charge is 0.305 e. The Morgan fingerprint density at radius 1 is 0.378 bits per heavy atom. The van der Waals surface area contributed by atoms with E-state index in [1.807, 2.05) is 24.8 Å². The highest BCUT2D eigenvalue weighted by Gasteiger charge is 2.27. The molecule has 3 heteroatoms. The van der Waals surface area contributed by atoms with Gasteiger partial charge in [-0.1, -0.05) is 66.7 Å². The van der Waals surface area contributed by atoms with E-state index in [-0.39, 0.29) is 0 Å². The average molecular weight is 468 g/mol. The van der Waals surface area contributed by atoms with Crippen molar-refractivity contribution in [2.45, 2.75) is 0 Å². The molecule has 3 nitrogen and oxygen atoms in total. The molecule has 0 fully saturated rings. The zero-order valence-electron chi connectivity index (χ0n) is 19.7. The normalized spacial score (nSPS) is 12.9. The van der Waals surface area contributed by atoms with Crippen LogP contribution in [0.2, 0.25) is 0 Å². The molecule has 0 aliphatic heterocycles. The van der Waals surface area contributed by atoms with E-state index >= 15 is 0 Å². The van der Waals surface area contributed by atoms with Crippen LogP contribution < -0.4 is 0 Å². The molecule has 4 heterocycles. The van der Waals surface area contributed by atoms with Crippen molar-refractivity contribution in [3.05, 3.63) is 104 Å². The van der Waals surface area contributed by atoms with E-state index in [4.69, 9.17) is 0 Å². The topological polar surface area (TPSA) is 30.2 Å². The highest BCUT2D eigenvalue weighted by atomic mass is 14.9. The fourth-order valence-corrected chi connectivity index (χ4v) is 7.34. The fraction of sp³-hybridized carbons (Fsp3) is 0. The number of fused-ring (bicyclic) bond motifs is 14. The van der Waals surface area contributed by atoms with Gasteiger partial charge in [0.05, 0.1) is 28.9 Å². The molecule has 0 N–H and O–H groups in total. The van der Waals surface area contributed by atoms with Crippen LogP contribution in [0.25, 0.3) is 92.0 Å². The minimum atomic E-state index is 1.13. The molecule has 168 valence electrons. The van der Waals surface area contributed by atoms with Crippen LogP contribution in [-0.2, 0) is 0 Å². The van der Waals surface area contributed by atoms with Crippen LogP contribution in [0.15, 0.2) is 104 Å². The van der Waals surface area contributed by atoms with Gasteiger partial charge in [0.15, 0.2) is 0 Å². The standard InChI is InChI=1S/C34H17N3/c1-3-8-22-18(6-1)20-10-5-11-21-19-7-2-4-9-23(19)30-32-25-13-15-36-17-27(25)37-26-16-35-14-12-24(26)31(34(32)37)29(22)33(30)28(20)21/h1-17H. The van der Waals surface area contributed by atoms with Crippen molar-refractivity contribution < 1.29 is 0 Å². The van der Waals surface area contributed by atoms with E-state index in [1.54, 1.807) is 0 Å². The summed E-state index contributed by atoms with van der Waals surface area (Å²) in [4.78, 5) is 9.11. The van der Waals surface area contributed by atoms with Gasteiger partial charge in [0, 0.05) is 50.1 Å². The third-order valence-corrected chi connectivity index (χ3v) is 8.61. The summed E-state index contributed by atoms with van der Waals surface area (Å²) >= 11 is 0. The summed E-state index contributed by atoms with van der Waals surface area (Å²) in [6, 6.07) is 29.0. The molecule has 0 unspecified atom stereocenters. The Labute approximate surface area is 209 Å². The zero-order valence-corrected chi connectivity index (χ0v) is 19.7. The maximum absolute atomic E-state index is 4.55. The summed E-state index contributed by atoms with van der Waals surface area (Å²) in [7, 11) is 0. The summed E-state index contributed by atoms with van der Waals surface area (Å²) in [5.41, 5.74) is 3.54. The lowest BCUT2D eigenvalue weighted by molar-refractivity contribution is 1.27. The Morgan fingerprint density at radius 2 is 0.838 bits per heavy atom. The third-order valence-electron chi connectivity index (χ3n) is 8.61. The Bertz CT molecular complexity index is 2400. The molecule has 0 radical (unpaired) electrons. The molecule has 4 aromatic heterocycles. The molecule has 0 saturated carbocycles. The molecule has 10 aromatic rings. The van der Waals surface area contributed by atoms with Crippen molar-refractivity contribution in [1.82, 2.24) is 14.4 Å². The Kier molecular flexibility index (Phi) is 2.98. The van der Waals surface area contributed by atoms with Gasteiger partial charge in [0.25, 0.3) is 0 Å². The minimum Gasteiger partial charge on any atom is -0.305 e. The lowest BCUT2D eigenvalue weighted by Gasteiger charge is -2.19. The van der Waals surface area contributed by atoms with E-state index < -0.39 is 0 Å². The first kappa shape index (κ1) is 18.3. The monoisotopic (exact) mass is 467 g/mol. The van der Waals surface area contributed by atoms with E-state index in [0.29, 0.717) is 0 Å². The third kappa shape index (κ3) is 1.90. The summed E-state index contributed by atoms with van der Waals surface area (Å²) in [6.45, 7) is 0. The second kappa shape index (κ2) is 6.03. The maximum Gasteiger partial charge on any atom is 0.0725 e. The second-order valence-corrected chi connectivity index (χ2v) is 10.2. The van der Waals surface area contributed by atoms with Gasteiger partial charge < -0.3 is 4.40 Å². The van der Waals surface area contributed by atoms with Gasteiger partial charge in [0.1, 0.15) is 0 Å². The highest BCUT2D eigenvalue weighted by Crippen LogP contribution is 2.53. The molecule has 0 bridgehead atoms. The lowest BCUT2D eigenvalue weighted by atomic mass is 9.83. The van der Waals surface area contributed by atoms with Crippen LogP contribution in [-0.4, -0.2) is 14.4 Å². The predicted octanol–water partition coefficient (Wildman–Crippen LogP) is 8.83. The van der Waals surface area contributed by atoms with E-state index in [2.05, 4.69) is 93.2 Å². The lowest BCUT2D eigenvalue weighted by Crippen LogP contribution is -1.91. The summed E-state index contributed by atoms with van der Waals surface area (Å²) < 4.78 is 2.40. The molecule has 0 amide bonds. The van der Waals surface area contributed by atoms with E-state index in [9.17, 15) is 0 Å². The Balaban J connectivity index is 1.78. The van der Waals surface area contributed by atoms with Crippen molar-refractivity contribution in [2.24, 2.45) is 0 Å². The molecule has 10 rings (SSSR count). The van der Waals surface area contributed by atoms with Crippen LogP contribution in [0.4, 0.5) is 0 Å². The van der Waals surface area contributed by atoms with Crippen LogP contribution in [0.5, 0.6) is 0 Å². The van der Waals surface area contributed by atoms with Crippen molar-refractivity contribution in [2.75, 3.05) is 0 Å². The maximum atomic E-state index is 4.55. The first-order chi connectivity index (χ1) is 18.4. The number of rotatable bonds is 0. The van der Waals surface area contributed by atoms with Gasteiger partial charge >= 0.3 is 0 Å². The summed E-state index contributed by atoms with van der Waals surface area (Å²) in [6.07, 6.45) is 7.87. The van der Waals surface area contributed by atoms with Crippen LogP contribution in [0.3, 0.4) is 0 Å². The number of aromatic nitrogens is 3. The Morgan fingerprint density at radius 3 is 1.38 bits per heavy atom. The first-order valence-corrected chi connectivity index (χ1v) is 12.7. The number of hydrogen-bond acceptors (Lipinski definition) is 2. The van der Waals surface area contributed by atoms with Crippen molar-refractivity contribution in [3.63, 3.8) is 0 Å². The van der Waals surface area contributed by atoms with Crippen molar-refractivity contribution in [3.8, 4) is 0 Å². The predicted molar refractivity (Wildman–Crippen MR) is 155 cm³/mol. The van der Waals surface area contributed by atoms with E-state index in [0.717, 1.165) is 11.0 Å². The second-order valence-electron chi connectivity index (χ2n) is 10.2. The molecule has 0 aliphatic rings. The molecule has 0 spiro atoms. The van der Waals surface area contributed by atoms with Crippen molar-refractivity contribution in [1.29, 1.82) is 0 Å². The number of benzene rings is 6. The molecular weight excluding hydrogens is 450 g/mol. The first-order valence-electron chi connectivity index (χ1n) is 12.7. The van der Waals surface area contributed by atoms with Crippen LogP contribution in [0.1, 0.15) is 0 Å². The summed E-state index contributed by atoms with van der Waals surface area (Å²) in [5.74, 6) is 0. The summed E-state index contributed by atoms with van der Waals surface area (Å²) in [5, 5.41) is 18.4. The Hall–Kier alpha value is -5.02. The van der Waals surface area contributed by atoms with Crippen molar-refractivity contribution >= 4 is 92.0 Å². The zero-order chi connectivity index (χ0) is 23.8. The van der Waals surface area contributed by atoms with Gasteiger partial charge in [-0.05, 0) is 49.8 Å².